The summed E-state index contributed by atoms with van der Waals surface area (Å²) in [5.41, 5.74) is 2.00. The van der Waals surface area contributed by atoms with Gasteiger partial charge in [0.2, 0.25) is 17.2 Å². The largest absolute Gasteiger partial charge is 0.424 e. The van der Waals surface area contributed by atoms with Gasteiger partial charge in [-0.15, -0.1) is 0 Å². The molecule has 9 heteroatoms. The van der Waals surface area contributed by atoms with Crippen molar-refractivity contribution >= 4 is 30.5 Å². The molecule has 2 aromatic heterocycles. The van der Waals surface area contributed by atoms with E-state index in [4.69, 9.17) is 25.1 Å². The predicted molar refractivity (Wildman–Crippen MR) is 104 cm³/mol. The fraction of sp³-hybridized carbons (Fsp3) is 0.222. The molecule has 142 valence electrons. The summed E-state index contributed by atoms with van der Waals surface area (Å²) in [6.07, 6.45) is 3.83. The van der Waals surface area contributed by atoms with Crippen LogP contribution in [0.25, 0.3) is 0 Å². The zero-order valence-electron chi connectivity index (χ0n) is 14.9. The van der Waals surface area contributed by atoms with Crippen molar-refractivity contribution < 1.29 is 18.0 Å². The van der Waals surface area contributed by atoms with Gasteiger partial charge in [-0.1, -0.05) is 29.8 Å². The average Bonchev–Trinajstić information content (AvgIpc) is 3.11. The van der Waals surface area contributed by atoms with Crippen molar-refractivity contribution in [2.75, 3.05) is 19.5 Å². The second-order valence-corrected chi connectivity index (χ2v) is 8.23. The molecule has 0 unspecified atom stereocenters. The van der Waals surface area contributed by atoms with E-state index in [1.54, 1.807) is 24.5 Å². The monoisotopic (exact) mass is 407 g/mol. The van der Waals surface area contributed by atoms with Crippen LogP contribution in [-0.4, -0.2) is 24.2 Å². The second kappa shape index (κ2) is 8.67. The van der Waals surface area contributed by atoms with Crippen LogP contribution in [0.2, 0.25) is 5.02 Å². The molecule has 1 aromatic carbocycles. The van der Waals surface area contributed by atoms with Crippen LogP contribution in [0.4, 0.5) is 5.88 Å². The Morgan fingerprint density at radius 2 is 1.89 bits per heavy atom. The van der Waals surface area contributed by atoms with E-state index in [1.165, 1.54) is 14.2 Å². The lowest BCUT2D eigenvalue weighted by atomic mass is 10.1. The first kappa shape index (κ1) is 19.6. The molecule has 0 atom stereocenters. The summed E-state index contributed by atoms with van der Waals surface area (Å²) in [7, 11) is -0.972. The highest BCUT2D eigenvalue weighted by Gasteiger charge is 2.34. The lowest BCUT2D eigenvalue weighted by Gasteiger charge is -2.12. The van der Waals surface area contributed by atoms with Gasteiger partial charge in [0.1, 0.15) is 0 Å². The third-order valence-electron chi connectivity index (χ3n) is 3.84. The summed E-state index contributed by atoms with van der Waals surface area (Å²) < 4.78 is 28.8. The molecule has 2 heterocycles. The minimum Gasteiger partial charge on any atom is -0.424 e. The molecular weight excluding hydrogens is 389 g/mol. The summed E-state index contributed by atoms with van der Waals surface area (Å²) in [4.78, 5) is 8.43. The second-order valence-electron chi connectivity index (χ2n) is 5.64. The molecule has 3 rings (SSSR count). The van der Waals surface area contributed by atoms with Crippen molar-refractivity contribution in [3.8, 4) is 0 Å². The Morgan fingerprint density at radius 3 is 2.52 bits per heavy atom. The van der Waals surface area contributed by atoms with E-state index < -0.39 is 7.60 Å². The number of rotatable bonds is 8. The van der Waals surface area contributed by atoms with Gasteiger partial charge in [0.05, 0.1) is 0 Å². The number of nitrogens with zero attached hydrogens (tertiary/aromatic N) is 2. The molecule has 3 aromatic rings. The van der Waals surface area contributed by atoms with Crippen molar-refractivity contribution in [3.05, 3.63) is 70.8 Å². The van der Waals surface area contributed by atoms with E-state index in [0.29, 0.717) is 23.9 Å². The number of hydrogen-bond acceptors (Lipinski definition) is 7. The predicted octanol–water partition coefficient (Wildman–Crippen LogP) is 4.04. The van der Waals surface area contributed by atoms with Crippen LogP contribution < -0.4 is 10.8 Å². The Labute approximate surface area is 162 Å². The third-order valence-corrected chi connectivity index (χ3v) is 5.87. The quantitative estimate of drug-likeness (QED) is 0.564. The normalized spacial score (nSPS) is 11.5. The summed E-state index contributed by atoms with van der Waals surface area (Å²) in [6.45, 7) is 0.420. The first-order valence-electron chi connectivity index (χ1n) is 8.13. The van der Waals surface area contributed by atoms with Crippen molar-refractivity contribution in [2.24, 2.45) is 0 Å². The number of aromatic nitrogens is 2. The third kappa shape index (κ3) is 4.76. The highest BCUT2D eigenvalue weighted by atomic mass is 35.5. The molecule has 0 saturated carbocycles. The van der Waals surface area contributed by atoms with Crippen LogP contribution in [0.5, 0.6) is 0 Å². The van der Waals surface area contributed by atoms with E-state index in [-0.39, 0.29) is 11.3 Å². The average molecular weight is 408 g/mol. The minimum atomic E-state index is -3.59. The molecular formula is C18H19ClN3O4P. The van der Waals surface area contributed by atoms with Gasteiger partial charge in [0.15, 0.2) is 0 Å². The fourth-order valence-electron chi connectivity index (χ4n) is 2.44. The van der Waals surface area contributed by atoms with Gasteiger partial charge >= 0.3 is 7.60 Å². The molecule has 0 saturated heterocycles. The number of benzene rings is 1. The minimum absolute atomic E-state index is 0.111. The van der Waals surface area contributed by atoms with Crippen LogP contribution >= 0.6 is 19.2 Å². The highest BCUT2D eigenvalue weighted by Crippen LogP contribution is 2.47. The smallest absolute Gasteiger partial charge is 0.384 e. The molecule has 0 aliphatic rings. The molecule has 0 bridgehead atoms. The van der Waals surface area contributed by atoms with E-state index in [9.17, 15) is 4.57 Å². The van der Waals surface area contributed by atoms with Crippen LogP contribution in [0.1, 0.15) is 17.0 Å². The van der Waals surface area contributed by atoms with Crippen molar-refractivity contribution in [1.82, 2.24) is 9.97 Å². The molecule has 0 amide bonds. The molecule has 0 fully saturated rings. The van der Waals surface area contributed by atoms with E-state index in [2.05, 4.69) is 15.3 Å². The Kier molecular flexibility index (Phi) is 6.29. The lowest BCUT2D eigenvalue weighted by molar-refractivity contribution is 0.286. The molecule has 0 aliphatic carbocycles. The van der Waals surface area contributed by atoms with E-state index in [1.807, 2.05) is 24.3 Å². The van der Waals surface area contributed by atoms with E-state index in [0.717, 1.165) is 11.1 Å². The molecule has 7 nitrogen and oxygen atoms in total. The van der Waals surface area contributed by atoms with Crippen LogP contribution in [0, 0.1) is 0 Å². The van der Waals surface area contributed by atoms with Crippen molar-refractivity contribution in [1.29, 1.82) is 0 Å². The Morgan fingerprint density at radius 1 is 1.15 bits per heavy atom. The molecule has 0 aliphatic heterocycles. The number of hydrogen-bond donors (Lipinski definition) is 1. The lowest BCUT2D eigenvalue weighted by Crippen LogP contribution is -2.15. The van der Waals surface area contributed by atoms with Gasteiger partial charge in [-0.2, -0.15) is 0 Å². The molecule has 0 radical (unpaired) electrons. The Hall–Kier alpha value is -2.18. The SMILES string of the molecule is COP(=O)(OC)c1nc(Cc2ccc(Cl)cc2)oc1NCc1cccnc1. The number of halogens is 1. The summed E-state index contributed by atoms with van der Waals surface area (Å²) >= 11 is 5.92. The van der Waals surface area contributed by atoms with Crippen molar-refractivity contribution in [3.63, 3.8) is 0 Å². The van der Waals surface area contributed by atoms with Gasteiger partial charge in [0, 0.05) is 44.6 Å². The first-order chi connectivity index (χ1) is 13.0. The molecule has 1 N–H and O–H groups in total. The molecule has 27 heavy (non-hydrogen) atoms. The zero-order valence-corrected chi connectivity index (χ0v) is 16.5. The fourth-order valence-corrected chi connectivity index (χ4v) is 3.67. The topological polar surface area (TPSA) is 86.5 Å². The number of anilines is 1. The van der Waals surface area contributed by atoms with Crippen LogP contribution in [0.3, 0.4) is 0 Å². The number of nitrogens with one attached hydrogen (secondary N) is 1. The summed E-state index contributed by atoms with van der Waals surface area (Å²) in [5, 5.41) is 3.74. The van der Waals surface area contributed by atoms with Gasteiger partial charge in [-0.25, -0.2) is 4.98 Å². The summed E-state index contributed by atoms with van der Waals surface area (Å²) in [5.74, 6) is 0.630. The Balaban J connectivity index is 1.88. The van der Waals surface area contributed by atoms with Gasteiger partial charge in [-0.3, -0.25) is 9.55 Å². The van der Waals surface area contributed by atoms with E-state index >= 15 is 0 Å². The van der Waals surface area contributed by atoms with Gasteiger partial charge < -0.3 is 18.8 Å². The zero-order chi connectivity index (χ0) is 19.3. The van der Waals surface area contributed by atoms with Crippen molar-refractivity contribution in [2.45, 2.75) is 13.0 Å². The highest BCUT2D eigenvalue weighted by molar-refractivity contribution is 7.62. The maximum absolute atomic E-state index is 12.9. The van der Waals surface area contributed by atoms with Gasteiger partial charge in [0.25, 0.3) is 0 Å². The molecule has 0 spiro atoms. The first-order valence-corrected chi connectivity index (χ1v) is 10.0. The Bertz CT molecular complexity index is 924. The maximum atomic E-state index is 12.9. The van der Waals surface area contributed by atoms with Crippen LogP contribution in [0.15, 0.2) is 53.2 Å². The standard InChI is InChI=1S/C18H19ClN3O4P/c1-24-27(23,25-2)18-17(21-12-14-4-3-9-20-11-14)26-16(22-18)10-13-5-7-15(19)8-6-13/h3-9,11,21H,10,12H2,1-2H3. The number of oxazole rings is 1. The maximum Gasteiger partial charge on any atom is 0.384 e. The van der Waals surface area contributed by atoms with Gasteiger partial charge in [-0.05, 0) is 29.3 Å². The number of pyridine rings is 1. The summed E-state index contributed by atoms with van der Waals surface area (Å²) in [6, 6.07) is 11.1. The van der Waals surface area contributed by atoms with Crippen LogP contribution in [-0.2, 0) is 26.6 Å².